The van der Waals surface area contributed by atoms with Crippen LogP contribution in [0.3, 0.4) is 0 Å². The van der Waals surface area contributed by atoms with Gasteiger partial charge in [-0.15, -0.1) is 11.8 Å². The fraction of sp³-hybridized carbons (Fsp3) is 0.0769. The number of rotatable bonds is 4. The number of nitrogens with zero attached hydrogens (tertiary/aromatic N) is 1. The highest BCUT2D eigenvalue weighted by Gasteiger charge is 2.13. The average molecular weight is 296 g/mol. The van der Waals surface area contributed by atoms with Gasteiger partial charge in [-0.05, 0) is 29.8 Å². The summed E-state index contributed by atoms with van der Waals surface area (Å²) >= 11 is 1.29. The van der Waals surface area contributed by atoms with Crippen molar-refractivity contribution >= 4 is 23.1 Å². The van der Waals surface area contributed by atoms with E-state index in [0.717, 1.165) is 12.1 Å². The van der Waals surface area contributed by atoms with Gasteiger partial charge in [0.25, 0.3) is 0 Å². The van der Waals surface area contributed by atoms with Gasteiger partial charge in [-0.25, -0.2) is 4.39 Å². The fourth-order valence-electron chi connectivity index (χ4n) is 1.55. The molecule has 104 valence electrons. The Hall–Kier alpha value is -2.15. The first-order valence-electron chi connectivity index (χ1n) is 5.58. The van der Waals surface area contributed by atoms with Crippen LogP contribution in [-0.2, 0) is 5.75 Å². The van der Waals surface area contributed by atoms with E-state index in [0.29, 0.717) is 16.2 Å². The normalized spacial score (nSPS) is 10.5. The van der Waals surface area contributed by atoms with E-state index < -0.39 is 22.2 Å². The van der Waals surface area contributed by atoms with E-state index in [9.17, 15) is 18.9 Å². The van der Waals surface area contributed by atoms with Crippen molar-refractivity contribution in [1.29, 1.82) is 0 Å². The molecule has 4 nitrogen and oxygen atoms in total. The second kappa shape index (κ2) is 5.87. The molecule has 0 amide bonds. The van der Waals surface area contributed by atoms with Crippen molar-refractivity contribution in [2.45, 2.75) is 10.6 Å². The largest absolute Gasteiger partial charge is 0.396 e. The number of nitrogen functional groups attached to an aromatic ring is 1. The van der Waals surface area contributed by atoms with Crippen LogP contribution in [0.2, 0.25) is 0 Å². The standard InChI is InChI=1S/C13H10F2N2O2S/c14-10-6-9(2-3-12(10)16)20-7-8-1-4-13(17(18)19)11(15)5-8/h1-6H,7,16H2. The molecular weight excluding hydrogens is 286 g/mol. The molecule has 0 fully saturated rings. The lowest BCUT2D eigenvalue weighted by Crippen LogP contribution is -1.94. The monoisotopic (exact) mass is 296 g/mol. The highest BCUT2D eigenvalue weighted by atomic mass is 32.2. The molecule has 0 bridgehead atoms. The Bertz CT molecular complexity index is 665. The molecule has 2 aromatic carbocycles. The number of nitro benzene ring substituents is 1. The van der Waals surface area contributed by atoms with Gasteiger partial charge in [-0.2, -0.15) is 4.39 Å². The van der Waals surface area contributed by atoms with Crippen LogP contribution in [0.25, 0.3) is 0 Å². The highest BCUT2D eigenvalue weighted by molar-refractivity contribution is 7.98. The van der Waals surface area contributed by atoms with Crippen LogP contribution in [0.1, 0.15) is 5.56 Å². The summed E-state index contributed by atoms with van der Waals surface area (Å²) in [6, 6.07) is 8.11. The van der Waals surface area contributed by atoms with Crippen molar-refractivity contribution < 1.29 is 13.7 Å². The Morgan fingerprint density at radius 2 is 1.90 bits per heavy atom. The smallest absolute Gasteiger partial charge is 0.304 e. The Labute approximate surface area is 117 Å². The van der Waals surface area contributed by atoms with E-state index in [2.05, 4.69) is 0 Å². The van der Waals surface area contributed by atoms with Gasteiger partial charge >= 0.3 is 5.69 Å². The van der Waals surface area contributed by atoms with E-state index in [1.165, 1.54) is 30.0 Å². The summed E-state index contributed by atoms with van der Waals surface area (Å²) < 4.78 is 26.7. The number of benzene rings is 2. The molecule has 0 atom stereocenters. The van der Waals surface area contributed by atoms with E-state index in [1.807, 2.05) is 0 Å². The van der Waals surface area contributed by atoms with Crippen LogP contribution >= 0.6 is 11.8 Å². The van der Waals surface area contributed by atoms with Crippen molar-refractivity contribution in [3.8, 4) is 0 Å². The third-order valence-electron chi connectivity index (χ3n) is 2.59. The van der Waals surface area contributed by atoms with Gasteiger partial charge in [0.1, 0.15) is 5.82 Å². The molecule has 0 aliphatic carbocycles. The van der Waals surface area contributed by atoms with Gasteiger partial charge in [0.2, 0.25) is 5.82 Å². The van der Waals surface area contributed by atoms with Crippen molar-refractivity contribution in [2.75, 3.05) is 5.73 Å². The second-order valence-corrected chi connectivity index (χ2v) is 5.06. The molecule has 0 saturated heterocycles. The number of thioether (sulfide) groups is 1. The predicted octanol–water partition coefficient (Wildman–Crippen LogP) is 3.75. The van der Waals surface area contributed by atoms with Crippen LogP contribution in [0.5, 0.6) is 0 Å². The highest BCUT2D eigenvalue weighted by Crippen LogP contribution is 2.27. The number of halogens is 2. The molecule has 20 heavy (non-hydrogen) atoms. The van der Waals surface area contributed by atoms with Gasteiger partial charge in [-0.1, -0.05) is 6.07 Å². The Kier molecular flexibility index (Phi) is 4.19. The Morgan fingerprint density at radius 3 is 2.50 bits per heavy atom. The van der Waals surface area contributed by atoms with E-state index in [4.69, 9.17) is 5.73 Å². The van der Waals surface area contributed by atoms with Crippen molar-refractivity contribution in [2.24, 2.45) is 0 Å². The van der Waals surface area contributed by atoms with Gasteiger partial charge in [0, 0.05) is 16.7 Å². The molecule has 2 rings (SSSR count). The average Bonchev–Trinajstić information content (AvgIpc) is 2.40. The van der Waals surface area contributed by atoms with E-state index >= 15 is 0 Å². The van der Waals surface area contributed by atoms with Crippen LogP contribution in [0, 0.1) is 21.7 Å². The minimum absolute atomic E-state index is 0.0655. The number of anilines is 1. The number of hydrogen-bond donors (Lipinski definition) is 1. The lowest BCUT2D eigenvalue weighted by atomic mass is 10.2. The molecule has 2 N–H and O–H groups in total. The summed E-state index contributed by atoms with van der Waals surface area (Å²) in [6.07, 6.45) is 0. The maximum atomic E-state index is 13.4. The quantitative estimate of drug-likeness (QED) is 0.404. The van der Waals surface area contributed by atoms with Crippen molar-refractivity contribution in [3.05, 3.63) is 63.7 Å². The van der Waals surface area contributed by atoms with Gasteiger partial charge in [0.05, 0.1) is 10.6 Å². The molecule has 0 aliphatic rings. The van der Waals surface area contributed by atoms with Crippen molar-refractivity contribution in [3.63, 3.8) is 0 Å². The molecule has 0 unspecified atom stereocenters. The summed E-state index contributed by atoms with van der Waals surface area (Å²) in [5.74, 6) is -1.01. The molecular formula is C13H10F2N2O2S. The topological polar surface area (TPSA) is 69.2 Å². The third kappa shape index (κ3) is 3.24. The van der Waals surface area contributed by atoms with E-state index in [1.54, 1.807) is 6.07 Å². The van der Waals surface area contributed by atoms with Crippen LogP contribution in [-0.4, -0.2) is 4.92 Å². The molecule has 2 aromatic rings. The Balaban J connectivity index is 2.09. The summed E-state index contributed by atoms with van der Waals surface area (Å²) in [7, 11) is 0. The molecule has 0 radical (unpaired) electrons. The second-order valence-electron chi connectivity index (χ2n) is 4.01. The first kappa shape index (κ1) is 14.3. The zero-order chi connectivity index (χ0) is 14.7. The van der Waals surface area contributed by atoms with Crippen molar-refractivity contribution in [1.82, 2.24) is 0 Å². The van der Waals surface area contributed by atoms with Gasteiger partial charge in [0.15, 0.2) is 0 Å². The molecule has 7 heteroatoms. The third-order valence-corrected chi connectivity index (χ3v) is 3.65. The van der Waals surface area contributed by atoms with E-state index in [-0.39, 0.29) is 5.69 Å². The number of nitrogens with two attached hydrogens (primary N) is 1. The molecule has 0 spiro atoms. The summed E-state index contributed by atoms with van der Waals surface area (Å²) in [4.78, 5) is 10.4. The lowest BCUT2D eigenvalue weighted by Gasteiger charge is -2.04. The number of hydrogen-bond acceptors (Lipinski definition) is 4. The summed E-state index contributed by atoms with van der Waals surface area (Å²) in [6.45, 7) is 0. The van der Waals surface area contributed by atoms with Crippen LogP contribution in [0.15, 0.2) is 41.3 Å². The molecule has 0 heterocycles. The lowest BCUT2D eigenvalue weighted by molar-refractivity contribution is -0.387. The zero-order valence-electron chi connectivity index (χ0n) is 10.2. The fourth-order valence-corrected chi connectivity index (χ4v) is 2.42. The molecule has 0 aliphatic heterocycles. The first-order chi connectivity index (χ1) is 9.47. The van der Waals surface area contributed by atoms with Crippen LogP contribution in [0.4, 0.5) is 20.2 Å². The molecule has 0 saturated carbocycles. The maximum absolute atomic E-state index is 13.4. The molecule has 0 aromatic heterocycles. The van der Waals surface area contributed by atoms with Crippen LogP contribution < -0.4 is 5.73 Å². The van der Waals surface area contributed by atoms with Gasteiger partial charge in [-0.3, -0.25) is 10.1 Å². The Morgan fingerprint density at radius 1 is 1.15 bits per heavy atom. The van der Waals surface area contributed by atoms with Gasteiger partial charge < -0.3 is 5.73 Å². The summed E-state index contributed by atoms with van der Waals surface area (Å²) in [5.41, 5.74) is 5.45. The zero-order valence-corrected chi connectivity index (χ0v) is 11.0. The SMILES string of the molecule is Nc1ccc(SCc2ccc([N+](=O)[O-])c(F)c2)cc1F. The minimum atomic E-state index is -0.878. The number of nitro groups is 1. The summed E-state index contributed by atoms with van der Waals surface area (Å²) in [5, 5.41) is 10.5. The minimum Gasteiger partial charge on any atom is -0.396 e. The maximum Gasteiger partial charge on any atom is 0.304 e. The predicted molar refractivity (Wildman–Crippen MR) is 73.4 cm³/mol. The first-order valence-corrected chi connectivity index (χ1v) is 6.56.